The molecule has 0 saturated heterocycles. The van der Waals surface area contributed by atoms with Crippen LogP contribution in [0.15, 0.2) is 18.2 Å². The zero-order valence-electron chi connectivity index (χ0n) is 8.71. The number of benzene rings is 1. The molecule has 1 aromatic rings. The Hall–Kier alpha value is -1.02. The lowest BCUT2D eigenvalue weighted by Gasteiger charge is -2.12. The standard InChI is InChI=1S/C12H16O2/c1-9-3-4-10(11(7-9)14-2)8-12(13)5-6-12/h3-4,7,13H,5-6,8H2,1-2H3. The first kappa shape index (κ1) is 9.53. The van der Waals surface area contributed by atoms with E-state index in [-0.39, 0.29) is 0 Å². The van der Waals surface area contributed by atoms with Gasteiger partial charge in [-0.1, -0.05) is 12.1 Å². The number of aliphatic hydroxyl groups is 1. The molecule has 0 aliphatic heterocycles. The maximum Gasteiger partial charge on any atom is 0.122 e. The van der Waals surface area contributed by atoms with Gasteiger partial charge < -0.3 is 9.84 Å². The second kappa shape index (κ2) is 3.28. The zero-order chi connectivity index (χ0) is 10.2. The van der Waals surface area contributed by atoms with Gasteiger partial charge in [0.25, 0.3) is 0 Å². The third-order valence-corrected chi connectivity index (χ3v) is 2.79. The molecule has 0 aromatic heterocycles. The van der Waals surface area contributed by atoms with Crippen molar-refractivity contribution >= 4 is 0 Å². The van der Waals surface area contributed by atoms with Crippen LogP contribution in [0, 0.1) is 6.92 Å². The van der Waals surface area contributed by atoms with Crippen molar-refractivity contribution in [2.45, 2.75) is 31.8 Å². The van der Waals surface area contributed by atoms with E-state index in [1.807, 2.05) is 19.1 Å². The molecule has 1 N–H and O–H groups in total. The Kier molecular flexibility index (Phi) is 2.23. The molecule has 0 heterocycles. The van der Waals surface area contributed by atoms with Crippen LogP contribution in [0.5, 0.6) is 5.75 Å². The molecule has 1 aromatic carbocycles. The molecule has 0 atom stereocenters. The molecule has 0 amide bonds. The third kappa shape index (κ3) is 1.90. The van der Waals surface area contributed by atoms with Crippen LogP contribution in [0.4, 0.5) is 0 Å². The Morgan fingerprint density at radius 3 is 2.71 bits per heavy atom. The van der Waals surface area contributed by atoms with Crippen molar-refractivity contribution < 1.29 is 9.84 Å². The van der Waals surface area contributed by atoms with Crippen LogP contribution in [0.1, 0.15) is 24.0 Å². The molecule has 0 spiro atoms. The van der Waals surface area contributed by atoms with Gasteiger partial charge in [-0.15, -0.1) is 0 Å². The Morgan fingerprint density at radius 2 is 2.14 bits per heavy atom. The average molecular weight is 192 g/mol. The Labute approximate surface area is 84.5 Å². The molecule has 0 radical (unpaired) electrons. The second-order valence-corrected chi connectivity index (χ2v) is 4.22. The van der Waals surface area contributed by atoms with Crippen LogP contribution in [0.2, 0.25) is 0 Å². The van der Waals surface area contributed by atoms with Gasteiger partial charge in [-0.25, -0.2) is 0 Å². The number of ether oxygens (including phenoxy) is 1. The summed E-state index contributed by atoms with van der Waals surface area (Å²) in [6, 6.07) is 6.12. The van der Waals surface area contributed by atoms with Crippen molar-refractivity contribution in [2.24, 2.45) is 0 Å². The molecular weight excluding hydrogens is 176 g/mol. The van der Waals surface area contributed by atoms with Gasteiger partial charge in [-0.2, -0.15) is 0 Å². The van der Waals surface area contributed by atoms with Crippen molar-refractivity contribution in [2.75, 3.05) is 7.11 Å². The third-order valence-electron chi connectivity index (χ3n) is 2.79. The molecule has 76 valence electrons. The van der Waals surface area contributed by atoms with E-state index >= 15 is 0 Å². The molecular formula is C12H16O2. The minimum Gasteiger partial charge on any atom is -0.496 e. The van der Waals surface area contributed by atoms with E-state index in [9.17, 15) is 5.11 Å². The average Bonchev–Trinajstić information content (AvgIpc) is 2.87. The molecule has 2 rings (SSSR count). The largest absolute Gasteiger partial charge is 0.496 e. The summed E-state index contributed by atoms with van der Waals surface area (Å²) in [5, 5.41) is 9.82. The smallest absolute Gasteiger partial charge is 0.122 e. The van der Waals surface area contributed by atoms with E-state index in [0.29, 0.717) is 0 Å². The Balaban J connectivity index is 2.23. The summed E-state index contributed by atoms with van der Waals surface area (Å²) in [7, 11) is 1.68. The van der Waals surface area contributed by atoms with E-state index in [0.717, 1.165) is 30.6 Å². The molecule has 0 bridgehead atoms. The summed E-state index contributed by atoms with van der Waals surface area (Å²) in [5.41, 5.74) is 1.86. The highest BCUT2D eigenvalue weighted by Gasteiger charge is 2.40. The van der Waals surface area contributed by atoms with Crippen molar-refractivity contribution in [1.82, 2.24) is 0 Å². The van der Waals surface area contributed by atoms with Crippen LogP contribution in [0.25, 0.3) is 0 Å². The van der Waals surface area contributed by atoms with Gasteiger partial charge in [-0.3, -0.25) is 0 Å². The highest BCUT2D eigenvalue weighted by atomic mass is 16.5. The quantitative estimate of drug-likeness (QED) is 0.794. The van der Waals surface area contributed by atoms with Gasteiger partial charge in [0.1, 0.15) is 5.75 Å². The first-order chi connectivity index (χ1) is 6.63. The number of hydrogen-bond acceptors (Lipinski definition) is 2. The predicted molar refractivity (Wildman–Crippen MR) is 55.6 cm³/mol. The second-order valence-electron chi connectivity index (χ2n) is 4.22. The first-order valence-corrected chi connectivity index (χ1v) is 4.99. The predicted octanol–water partition coefficient (Wildman–Crippen LogP) is 2.07. The minimum atomic E-state index is -0.442. The van der Waals surface area contributed by atoms with Crippen LogP contribution in [0.3, 0.4) is 0 Å². The number of hydrogen-bond donors (Lipinski definition) is 1. The number of rotatable bonds is 3. The summed E-state index contributed by atoms with van der Waals surface area (Å²) in [5.74, 6) is 0.894. The zero-order valence-corrected chi connectivity index (χ0v) is 8.71. The molecule has 2 heteroatoms. The van der Waals surface area contributed by atoms with E-state index in [1.54, 1.807) is 7.11 Å². The van der Waals surface area contributed by atoms with Gasteiger partial charge in [-0.05, 0) is 37.0 Å². The van der Waals surface area contributed by atoms with Crippen LogP contribution >= 0.6 is 0 Å². The molecule has 14 heavy (non-hydrogen) atoms. The normalized spacial score (nSPS) is 17.9. The first-order valence-electron chi connectivity index (χ1n) is 4.99. The van der Waals surface area contributed by atoms with Gasteiger partial charge in [0, 0.05) is 6.42 Å². The highest BCUT2D eigenvalue weighted by molar-refractivity contribution is 5.38. The van der Waals surface area contributed by atoms with Crippen LogP contribution in [-0.2, 0) is 6.42 Å². The summed E-state index contributed by atoms with van der Waals surface area (Å²) in [6.45, 7) is 2.04. The molecule has 0 unspecified atom stereocenters. The number of aryl methyl sites for hydroxylation is 1. The summed E-state index contributed by atoms with van der Waals surface area (Å²) in [6.07, 6.45) is 2.56. The van der Waals surface area contributed by atoms with Gasteiger partial charge in [0.15, 0.2) is 0 Å². The van der Waals surface area contributed by atoms with Crippen molar-refractivity contribution in [3.8, 4) is 5.75 Å². The van der Waals surface area contributed by atoms with Crippen molar-refractivity contribution in [3.63, 3.8) is 0 Å². The lowest BCUT2D eigenvalue weighted by Crippen LogP contribution is -2.11. The summed E-state index contributed by atoms with van der Waals surface area (Å²) >= 11 is 0. The maximum absolute atomic E-state index is 9.82. The minimum absolute atomic E-state index is 0.442. The fourth-order valence-corrected chi connectivity index (χ4v) is 1.67. The van der Waals surface area contributed by atoms with Crippen molar-refractivity contribution in [1.29, 1.82) is 0 Å². The van der Waals surface area contributed by atoms with E-state index < -0.39 is 5.60 Å². The fourth-order valence-electron chi connectivity index (χ4n) is 1.67. The molecule has 1 aliphatic carbocycles. The SMILES string of the molecule is COc1cc(C)ccc1CC1(O)CC1. The van der Waals surface area contributed by atoms with Crippen LogP contribution in [-0.4, -0.2) is 17.8 Å². The van der Waals surface area contributed by atoms with Crippen molar-refractivity contribution in [3.05, 3.63) is 29.3 Å². The van der Waals surface area contributed by atoms with Gasteiger partial charge >= 0.3 is 0 Å². The van der Waals surface area contributed by atoms with Gasteiger partial charge in [0.05, 0.1) is 12.7 Å². The lowest BCUT2D eigenvalue weighted by atomic mass is 10.0. The Morgan fingerprint density at radius 1 is 1.43 bits per heavy atom. The topological polar surface area (TPSA) is 29.5 Å². The molecule has 1 aliphatic rings. The number of methoxy groups -OCH3 is 1. The molecule has 1 saturated carbocycles. The maximum atomic E-state index is 9.82. The monoisotopic (exact) mass is 192 g/mol. The molecule has 1 fully saturated rings. The van der Waals surface area contributed by atoms with Crippen LogP contribution < -0.4 is 4.74 Å². The van der Waals surface area contributed by atoms with Gasteiger partial charge in [0.2, 0.25) is 0 Å². The van der Waals surface area contributed by atoms with E-state index in [2.05, 4.69) is 6.07 Å². The van der Waals surface area contributed by atoms with E-state index in [4.69, 9.17) is 4.74 Å². The summed E-state index contributed by atoms with van der Waals surface area (Å²) in [4.78, 5) is 0. The van der Waals surface area contributed by atoms with E-state index in [1.165, 1.54) is 5.56 Å². The fraction of sp³-hybridized carbons (Fsp3) is 0.500. The lowest BCUT2D eigenvalue weighted by molar-refractivity contribution is 0.150. The Bertz CT molecular complexity index is 340. The summed E-state index contributed by atoms with van der Waals surface area (Å²) < 4.78 is 5.29. The highest BCUT2D eigenvalue weighted by Crippen LogP contribution is 2.40. The molecule has 2 nitrogen and oxygen atoms in total.